The maximum Gasteiger partial charge on any atom is 0.311 e. The fourth-order valence-electron chi connectivity index (χ4n) is 1.63. The molecule has 1 heterocycles. The first-order valence-corrected chi connectivity index (χ1v) is 6.10. The van der Waals surface area contributed by atoms with Crippen LogP contribution in [-0.2, 0) is 0 Å². The third-order valence-corrected chi connectivity index (χ3v) is 3.52. The van der Waals surface area contributed by atoms with E-state index in [0.29, 0.717) is 0 Å². The van der Waals surface area contributed by atoms with E-state index in [1.165, 1.54) is 24.5 Å². The van der Waals surface area contributed by atoms with Crippen molar-refractivity contribution < 1.29 is 9.66 Å². The molecule has 1 atom stereocenters. The molecular formula is C11H11N3O3S. The summed E-state index contributed by atoms with van der Waals surface area (Å²) in [5, 5.41) is 19.5. The van der Waals surface area contributed by atoms with Crippen molar-refractivity contribution in [3.05, 3.63) is 44.4 Å². The molecule has 7 heteroatoms. The van der Waals surface area contributed by atoms with E-state index in [2.05, 4.69) is 10.2 Å². The summed E-state index contributed by atoms with van der Waals surface area (Å²) in [5.41, 5.74) is 2.43. The van der Waals surface area contributed by atoms with Crippen LogP contribution in [0.1, 0.15) is 23.4 Å². The Hall–Kier alpha value is -2.02. The molecule has 0 radical (unpaired) electrons. The van der Waals surface area contributed by atoms with E-state index in [-0.39, 0.29) is 17.4 Å². The number of hydrogen-bond donors (Lipinski definition) is 0. The highest BCUT2D eigenvalue weighted by molar-refractivity contribution is 7.09. The minimum absolute atomic E-state index is 0.0258. The van der Waals surface area contributed by atoms with Gasteiger partial charge in [0.2, 0.25) is 0 Å². The molecule has 18 heavy (non-hydrogen) atoms. The molecule has 0 aliphatic heterocycles. The quantitative estimate of drug-likeness (QED) is 0.627. The zero-order valence-corrected chi connectivity index (χ0v) is 10.7. The van der Waals surface area contributed by atoms with Crippen molar-refractivity contribution >= 4 is 17.0 Å². The fraction of sp³-hybridized carbons (Fsp3) is 0.273. The van der Waals surface area contributed by atoms with Gasteiger partial charge in [-0.05, 0) is 11.6 Å². The molecular weight excluding hydrogens is 254 g/mol. The highest BCUT2D eigenvalue weighted by Gasteiger charge is 2.19. The van der Waals surface area contributed by atoms with Crippen LogP contribution in [0.3, 0.4) is 0 Å². The number of methoxy groups -OCH3 is 1. The molecule has 0 saturated carbocycles. The van der Waals surface area contributed by atoms with Gasteiger partial charge in [-0.15, -0.1) is 21.5 Å². The van der Waals surface area contributed by atoms with Gasteiger partial charge in [0, 0.05) is 12.0 Å². The SMILES string of the molecule is COc1ccc(C(C)c2nncs2)cc1[N+](=O)[O-]. The maximum atomic E-state index is 10.9. The van der Waals surface area contributed by atoms with Gasteiger partial charge in [-0.1, -0.05) is 13.0 Å². The Bertz CT molecular complexity index is 557. The number of hydrogen-bond acceptors (Lipinski definition) is 6. The van der Waals surface area contributed by atoms with Gasteiger partial charge < -0.3 is 4.74 Å². The van der Waals surface area contributed by atoms with E-state index in [1.807, 2.05) is 6.92 Å². The van der Waals surface area contributed by atoms with E-state index >= 15 is 0 Å². The van der Waals surface area contributed by atoms with Crippen LogP contribution in [0.5, 0.6) is 5.75 Å². The monoisotopic (exact) mass is 265 g/mol. The molecule has 0 aliphatic carbocycles. The summed E-state index contributed by atoms with van der Waals surface area (Å²) in [6.45, 7) is 1.94. The molecule has 2 aromatic rings. The number of nitro groups is 1. The van der Waals surface area contributed by atoms with Crippen molar-refractivity contribution in [1.29, 1.82) is 0 Å². The van der Waals surface area contributed by atoms with Crippen LogP contribution in [0, 0.1) is 10.1 Å². The van der Waals surface area contributed by atoms with Crippen molar-refractivity contribution in [3.8, 4) is 5.75 Å². The molecule has 0 saturated heterocycles. The van der Waals surface area contributed by atoms with Crippen molar-refractivity contribution in [2.24, 2.45) is 0 Å². The minimum atomic E-state index is -0.449. The van der Waals surface area contributed by atoms with Crippen LogP contribution < -0.4 is 4.74 Å². The predicted molar refractivity (Wildman–Crippen MR) is 67.1 cm³/mol. The number of ether oxygens (including phenoxy) is 1. The van der Waals surface area contributed by atoms with E-state index in [0.717, 1.165) is 10.6 Å². The summed E-state index contributed by atoms with van der Waals surface area (Å²) in [5.74, 6) is 0.232. The third-order valence-electron chi connectivity index (χ3n) is 2.65. The van der Waals surface area contributed by atoms with Crippen LogP contribution in [-0.4, -0.2) is 22.2 Å². The molecule has 2 rings (SSSR count). The summed E-state index contributed by atoms with van der Waals surface area (Å²) >= 11 is 1.43. The number of nitrogens with zero attached hydrogens (tertiary/aromatic N) is 3. The molecule has 0 N–H and O–H groups in total. The zero-order chi connectivity index (χ0) is 13.1. The Morgan fingerprint density at radius 1 is 1.50 bits per heavy atom. The van der Waals surface area contributed by atoms with Crippen LogP contribution in [0.2, 0.25) is 0 Å². The van der Waals surface area contributed by atoms with E-state index in [9.17, 15) is 10.1 Å². The highest BCUT2D eigenvalue weighted by atomic mass is 32.1. The van der Waals surface area contributed by atoms with Crippen molar-refractivity contribution in [2.45, 2.75) is 12.8 Å². The summed E-state index contributed by atoms with van der Waals surface area (Å²) in [6.07, 6.45) is 0. The molecule has 6 nitrogen and oxygen atoms in total. The van der Waals surface area contributed by atoms with Crippen molar-refractivity contribution in [1.82, 2.24) is 10.2 Å². The summed E-state index contributed by atoms with van der Waals surface area (Å²) in [7, 11) is 1.41. The number of benzene rings is 1. The van der Waals surface area contributed by atoms with E-state index < -0.39 is 4.92 Å². The first kappa shape index (κ1) is 12.4. The Kier molecular flexibility index (Phi) is 3.52. The molecule has 0 fully saturated rings. The number of nitro benzene ring substituents is 1. The lowest BCUT2D eigenvalue weighted by Gasteiger charge is -2.09. The van der Waals surface area contributed by atoms with Gasteiger partial charge in [-0.2, -0.15) is 0 Å². The van der Waals surface area contributed by atoms with Crippen molar-refractivity contribution in [3.63, 3.8) is 0 Å². The topological polar surface area (TPSA) is 78.2 Å². The van der Waals surface area contributed by atoms with Gasteiger partial charge in [0.1, 0.15) is 10.5 Å². The fourth-order valence-corrected chi connectivity index (χ4v) is 2.27. The number of rotatable bonds is 4. The lowest BCUT2D eigenvalue weighted by molar-refractivity contribution is -0.385. The smallest absolute Gasteiger partial charge is 0.311 e. The summed E-state index contributed by atoms with van der Waals surface area (Å²) in [4.78, 5) is 10.5. The Morgan fingerprint density at radius 3 is 2.83 bits per heavy atom. The maximum absolute atomic E-state index is 10.9. The highest BCUT2D eigenvalue weighted by Crippen LogP contribution is 2.33. The summed E-state index contributed by atoms with van der Waals surface area (Å²) in [6, 6.07) is 4.92. The second-order valence-electron chi connectivity index (χ2n) is 3.69. The molecule has 94 valence electrons. The van der Waals surface area contributed by atoms with Gasteiger partial charge in [-0.3, -0.25) is 10.1 Å². The van der Waals surface area contributed by atoms with Gasteiger partial charge in [0.15, 0.2) is 5.75 Å². The van der Waals surface area contributed by atoms with Crippen molar-refractivity contribution in [2.75, 3.05) is 7.11 Å². The van der Waals surface area contributed by atoms with Gasteiger partial charge in [0.25, 0.3) is 0 Å². The van der Waals surface area contributed by atoms with Gasteiger partial charge in [0.05, 0.1) is 12.0 Å². The summed E-state index contributed by atoms with van der Waals surface area (Å²) < 4.78 is 4.97. The Labute approximate surface area is 107 Å². The van der Waals surface area contributed by atoms with Gasteiger partial charge >= 0.3 is 5.69 Å². The lowest BCUT2D eigenvalue weighted by Crippen LogP contribution is -1.99. The molecule has 0 bridgehead atoms. The largest absolute Gasteiger partial charge is 0.490 e. The van der Waals surface area contributed by atoms with Gasteiger partial charge in [-0.25, -0.2) is 0 Å². The number of aromatic nitrogens is 2. The molecule has 0 amide bonds. The molecule has 1 aromatic heterocycles. The van der Waals surface area contributed by atoms with Crippen LogP contribution in [0.15, 0.2) is 23.7 Å². The molecule has 1 aromatic carbocycles. The van der Waals surface area contributed by atoms with Crippen LogP contribution in [0.25, 0.3) is 0 Å². The second-order valence-corrected chi connectivity index (χ2v) is 4.55. The average molecular weight is 265 g/mol. The Morgan fingerprint density at radius 2 is 2.28 bits per heavy atom. The standard InChI is InChI=1S/C11H11N3O3S/c1-7(11-13-12-6-18-11)8-3-4-10(17-2)9(5-8)14(15)16/h3-7H,1-2H3. The predicted octanol–water partition coefficient (Wildman–Crippen LogP) is 2.61. The molecule has 1 unspecified atom stereocenters. The lowest BCUT2D eigenvalue weighted by atomic mass is 10.0. The molecule has 0 spiro atoms. The molecule has 0 aliphatic rings. The average Bonchev–Trinajstić information content (AvgIpc) is 2.90. The van der Waals surface area contributed by atoms with Crippen LogP contribution >= 0.6 is 11.3 Å². The Balaban J connectivity index is 2.41. The second kappa shape index (κ2) is 5.09. The first-order valence-electron chi connectivity index (χ1n) is 5.22. The third kappa shape index (κ3) is 2.30. The minimum Gasteiger partial charge on any atom is -0.490 e. The zero-order valence-electron chi connectivity index (χ0n) is 9.86. The van der Waals surface area contributed by atoms with E-state index in [4.69, 9.17) is 4.74 Å². The first-order chi connectivity index (χ1) is 8.63. The van der Waals surface area contributed by atoms with E-state index in [1.54, 1.807) is 17.6 Å². The normalized spacial score (nSPS) is 12.1. The van der Waals surface area contributed by atoms with Crippen LogP contribution in [0.4, 0.5) is 5.69 Å².